The zero-order chi connectivity index (χ0) is 28.0. The van der Waals surface area contributed by atoms with Crippen LogP contribution < -0.4 is 16.2 Å². The van der Waals surface area contributed by atoms with Crippen LogP contribution in [0.2, 0.25) is 25.7 Å². The number of urea groups is 1. The third-order valence-corrected chi connectivity index (χ3v) is 7.44. The lowest BCUT2D eigenvalue weighted by atomic mass is 10.2. The van der Waals surface area contributed by atoms with Crippen LogP contribution in [0, 0.1) is 0 Å². The Hall–Kier alpha value is -4.29. The molecule has 0 bridgehead atoms. The summed E-state index contributed by atoms with van der Waals surface area (Å²) >= 11 is 0. The van der Waals surface area contributed by atoms with Crippen molar-refractivity contribution < 1.29 is 19.1 Å². The number of nitrogens with zero attached hydrogens (tertiary/aromatic N) is 4. The van der Waals surface area contributed by atoms with Crippen LogP contribution in [0.4, 0.5) is 16.2 Å². The van der Waals surface area contributed by atoms with E-state index in [-0.39, 0.29) is 30.4 Å². The number of anilines is 2. The SMILES string of the molecule is CCOC(=O)c1cnn(-c2nc3ccc(NC(=O)Nc4ccccc4)cc3c(=O)n2COCC[Si](C)(C)C)c1. The first-order valence-corrected chi connectivity index (χ1v) is 16.3. The van der Waals surface area contributed by atoms with Crippen molar-refractivity contribution in [2.75, 3.05) is 23.8 Å². The number of nitrogens with one attached hydrogen (secondary N) is 2. The summed E-state index contributed by atoms with van der Waals surface area (Å²) in [6, 6.07) is 14.4. The van der Waals surface area contributed by atoms with Gasteiger partial charge in [-0.1, -0.05) is 37.8 Å². The summed E-state index contributed by atoms with van der Waals surface area (Å²) in [6.45, 7) is 9.12. The van der Waals surface area contributed by atoms with Gasteiger partial charge in [-0.05, 0) is 43.3 Å². The Morgan fingerprint density at radius 1 is 1.03 bits per heavy atom. The zero-order valence-corrected chi connectivity index (χ0v) is 23.4. The van der Waals surface area contributed by atoms with Crippen molar-refractivity contribution in [3.63, 3.8) is 0 Å². The lowest BCUT2D eigenvalue weighted by Gasteiger charge is -2.17. The van der Waals surface area contributed by atoms with Gasteiger partial charge in [0.15, 0.2) is 0 Å². The van der Waals surface area contributed by atoms with E-state index in [2.05, 4.69) is 40.4 Å². The van der Waals surface area contributed by atoms with Gasteiger partial charge < -0.3 is 20.1 Å². The highest BCUT2D eigenvalue weighted by atomic mass is 28.3. The molecule has 0 spiro atoms. The monoisotopic (exact) mass is 548 g/mol. The highest BCUT2D eigenvalue weighted by Gasteiger charge is 2.18. The fourth-order valence-electron chi connectivity index (χ4n) is 3.68. The molecule has 0 saturated carbocycles. The molecule has 2 heterocycles. The summed E-state index contributed by atoms with van der Waals surface area (Å²) in [4.78, 5) is 43.0. The molecule has 2 aromatic heterocycles. The number of hydrogen-bond donors (Lipinski definition) is 2. The first kappa shape index (κ1) is 27.7. The second kappa shape index (κ2) is 12.0. The minimum atomic E-state index is -1.34. The molecule has 0 aliphatic rings. The maximum Gasteiger partial charge on any atom is 0.341 e. The standard InChI is InChI=1S/C27H32N6O5Si/c1-5-38-25(35)19-16-28-33(17-19)27-31-23-12-11-21(30-26(36)29-20-9-7-6-8-10-20)15-22(23)24(34)32(27)18-37-13-14-39(2,3)4/h6-12,15-17H,5,13-14,18H2,1-4H3,(H2,29,30,36). The number of aromatic nitrogens is 4. The van der Waals surface area contributed by atoms with Crippen molar-refractivity contribution in [3.05, 3.63) is 76.8 Å². The van der Waals surface area contributed by atoms with Gasteiger partial charge in [0.05, 0.1) is 29.3 Å². The minimum absolute atomic E-state index is 0.0532. The maximum absolute atomic E-state index is 13.7. The molecule has 4 aromatic rings. The summed E-state index contributed by atoms with van der Waals surface area (Å²) in [6.07, 6.45) is 2.83. The molecule has 12 heteroatoms. The number of esters is 1. The van der Waals surface area contributed by atoms with Crippen molar-refractivity contribution in [3.8, 4) is 5.95 Å². The Morgan fingerprint density at radius 3 is 2.49 bits per heavy atom. The normalized spacial score (nSPS) is 11.4. The fraction of sp³-hybridized carbons (Fsp3) is 0.296. The van der Waals surface area contributed by atoms with Crippen LogP contribution in [0.25, 0.3) is 16.9 Å². The quantitative estimate of drug-likeness (QED) is 0.167. The molecular weight excluding hydrogens is 516 g/mol. The summed E-state index contributed by atoms with van der Waals surface area (Å²) in [7, 11) is -1.34. The Morgan fingerprint density at radius 2 is 1.77 bits per heavy atom. The molecule has 11 nitrogen and oxygen atoms in total. The number of carbonyl (C=O) groups is 2. The molecule has 2 aromatic carbocycles. The van der Waals surface area contributed by atoms with Crippen molar-refractivity contribution in [1.82, 2.24) is 19.3 Å². The molecule has 0 saturated heterocycles. The van der Waals surface area contributed by atoms with E-state index in [1.54, 1.807) is 37.3 Å². The molecule has 4 rings (SSSR count). The highest BCUT2D eigenvalue weighted by molar-refractivity contribution is 6.76. The van der Waals surface area contributed by atoms with E-state index in [0.717, 1.165) is 6.04 Å². The third-order valence-electron chi connectivity index (χ3n) is 5.74. The van der Waals surface area contributed by atoms with Crippen molar-refractivity contribution in [2.24, 2.45) is 0 Å². The third kappa shape index (κ3) is 7.18. The molecule has 2 amide bonds. The predicted octanol–water partition coefficient (Wildman–Crippen LogP) is 4.72. The van der Waals surface area contributed by atoms with Crippen LogP contribution in [0.15, 0.2) is 65.7 Å². The van der Waals surface area contributed by atoms with E-state index in [9.17, 15) is 14.4 Å². The first-order chi connectivity index (χ1) is 18.6. The highest BCUT2D eigenvalue weighted by Crippen LogP contribution is 2.18. The van der Waals surface area contributed by atoms with E-state index in [1.165, 1.54) is 21.6 Å². The van der Waals surface area contributed by atoms with Crippen LogP contribution in [-0.2, 0) is 16.2 Å². The number of hydrogen-bond acceptors (Lipinski definition) is 7. The second-order valence-corrected chi connectivity index (χ2v) is 15.7. The van der Waals surface area contributed by atoms with Gasteiger partial charge in [-0.15, -0.1) is 0 Å². The largest absolute Gasteiger partial charge is 0.462 e. The Labute approximate surface area is 226 Å². The van der Waals surface area contributed by atoms with E-state index < -0.39 is 20.1 Å². The van der Waals surface area contributed by atoms with Gasteiger partial charge in [0.1, 0.15) is 6.73 Å². The van der Waals surface area contributed by atoms with Gasteiger partial charge in [0.25, 0.3) is 5.56 Å². The molecule has 0 aliphatic carbocycles. The Kier molecular flexibility index (Phi) is 8.57. The van der Waals surface area contributed by atoms with Crippen molar-refractivity contribution >= 4 is 42.4 Å². The van der Waals surface area contributed by atoms with Crippen LogP contribution in [0.5, 0.6) is 0 Å². The number of ether oxygens (including phenoxy) is 2. The minimum Gasteiger partial charge on any atom is -0.462 e. The maximum atomic E-state index is 13.7. The number of benzene rings is 2. The topological polar surface area (TPSA) is 129 Å². The average molecular weight is 549 g/mol. The molecule has 0 fully saturated rings. The van der Waals surface area contributed by atoms with Gasteiger partial charge in [-0.2, -0.15) is 5.10 Å². The molecule has 204 valence electrons. The molecule has 0 atom stereocenters. The van der Waals surface area contributed by atoms with Gasteiger partial charge in [-0.25, -0.2) is 19.3 Å². The molecule has 39 heavy (non-hydrogen) atoms. The Bertz CT molecular complexity index is 1530. The van der Waals surface area contributed by atoms with Crippen LogP contribution in [-0.4, -0.2) is 52.6 Å². The molecule has 0 radical (unpaired) electrons. The van der Waals surface area contributed by atoms with Crippen molar-refractivity contribution in [2.45, 2.75) is 39.3 Å². The number of carbonyl (C=O) groups excluding carboxylic acids is 2. The summed E-state index contributed by atoms with van der Waals surface area (Å²) < 4.78 is 13.7. The van der Waals surface area contributed by atoms with Gasteiger partial charge in [0.2, 0.25) is 5.95 Å². The van der Waals surface area contributed by atoms with Crippen LogP contribution in [0.1, 0.15) is 17.3 Å². The molecule has 0 unspecified atom stereocenters. The molecule has 2 N–H and O–H groups in total. The smallest absolute Gasteiger partial charge is 0.341 e. The average Bonchev–Trinajstić information content (AvgIpc) is 3.38. The van der Waals surface area contributed by atoms with Gasteiger partial charge in [-0.3, -0.25) is 9.36 Å². The van der Waals surface area contributed by atoms with Gasteiger partial charge >= 0.3 is 12.0 Å². The number of fused-ring (bicyclic) bond motifs is 1. The number of para-hydroxylation sites is 1. The molecule has 0 aliphatic heterocycles. The van der Waals surface area contributed by atoms with Crippen LogP contribution >= 0.6 is 0 Å². The van der Waals surface area contributed by atoms with E-state index in [1.807, 2.05) is 18.2 Å². The van der Waals surface area contributed by atoms with Gasteiger partial charge in [0, 0.05) is 32.3 Å². The van der Waals surface area contributed by atoms with Crippen molar-refractivity contribution in [1.29, 1.82) is 0 Å². The Balaban J connectivity index is 1.67. The van der Waals surface area contributed by atoms with E-state index in [4.69, 9.17) is 9.47 Å². The first-order valence-electron chi connectivity index (χ1n) is 12.6. The van der Waals surface area contributed by atoms with E-state index in [0.29, 0.717) is 28.9 Å². The van der Waals surface area contributed by atoms with E-state index >= 15 is 0 Å². The van der Waals surface area contributed by atoms with Crippen LogP contribution in [0.3, 0.4) is 0 Å². The lowest BCUT2D eigenvalue weighted by Crippen LogP contribution is -2.29. The predicted molar refractivity (Wildman–Crippen MR) is 152 cm³/mol. The number of amides is 2. The summed E-state index contributed by atoms with van der Waals surface area (Å²) in [5.41, 5.74) is 1.33. The number of rotatable bonds is 10. The summed E-state index contributed by atoms with van der Waals surface area (Å²) in [5.74, 6) is -0.326. The second-order valence-electron chi connectivity index (χ2n) is 10.1. The fourth-order valence-corrected chi connectivity index (χ4v) is 4.44. The summed E-state index contributed by atoms with van der Waals surface area (Å²) in [5, 5.41) is 10.0. The molecular formula is C27H32N6O5Si. The lowest BCUT2D eigenvalue weighted by molar-refractivity contribution is 0.0526. The zero-order valence-electron chi connectivity index (χ0n) is 22.4.